The fourth-order valence-electron chi connectivity index (χ4n) is 2.20. The second-order valence-corrected chi connectivity index (χ2v) is 4.37. The molecule has 1 aromatic heterocycles. The molecular weight excluding hydrogens is 228 g/mol. The summed E-state index contributed by atoms with van der Waals surface area (Å²) >= 11 is 0. The van der Waals surface area contributed by atoms with Crippen molar-refractivity contribution in [2.45, 2.75) is 13.1 Å². The van der Waals surface area contributed by atoms with Gasteiger partial charge in [-0.1, -0.05) is 24.3 Å². The van der Waals surface area contributed by atoms with Gasteiger partial charge in [-0.3, -0.25) is 9.59 Å². The van der Waals surface area contributed by atoms with E-state index in [1.54, 1.807) is 11.0 Å². The van der Waals surface area contributed by atoms with Crippen molar-refractivity contribution in [3.8, 4) is 0 Å². The number of hydrogen-bond donors (Lipinski definition) is 1. The number of carbonyl (C=O) groups is 1. The Morgan fingerprint density at radius 1 is 1.06 bits per heavy atom. The van der Waals surface area contributed by atoms with Gasteiger partial charge in [0, 0.05) is 25.4 Å². The lowest BCUT2D eigenvalue weighted by molar-refractivity contribution is 0.0751. The van der Waals surface area contributed by atoms with Gasteiger partial charge in [0.1, 0.15) is 0 Å². The normalized spacial score (nSPS) is 13.4. The first-order chi connectivity index (χ1) is 8.74. The van der Waals surface area contributed by atoms with Crippen LogP contribution in [0.15, 0.2) is 47.4 Å². The van der Waals surface area contributed by atoms with Gasteiger partial charge in [-0.2, -0.15) is 0 Å². The molecule has 0 aliphatic carbocycles. The molecule has 3 rings (SSSR count). The number of aromatic nitrogens is 1. The number of H-pyrrole nitrogens is 1. The number of benzene rings is 1. The van der Waals surface area contributed by atoms with E-state index in [-0.39, 0.29) is 11.5 Å². The van der Waals surface area contributed by atoms with E-state index in [1.807, 2.05) is 24.3 Å². The van der Waals surface area contributed by atoms with Crippen LogP contribution in [0.2, 0.25) is 0 Å². The molecular formula is C14H12N2O2. The number of nitrogens with zero attached hydrogens (tertiary/aromatic N) is 1. The fraction of sp³-hybridized carbons (Fsp3) is 0.143. The summed E-state index contributed by atoms with van der Waals surface area (Å²) < 4.78 is 0. The van der Waals surface area contributed by atoms with E-state index in [1.165, 1.54) is 23.4 Å². The van der Waals surface area contributed by atoms with Crippen LogP contribution < -0.4 is 5.56 Å². The topological polar surface area (TPSA) is 53.2 Å². The number of nitrogens with one attached hydrogen (secondary N) is 1. The zero-order valence-corrected chi connectivity index (χ0v) is 9.72. The summed E-state index contributed by atoms with van der Waals surface area (Å²) in [6.45, 7) is 1.27. The minimum absolute atomic E-state index is 0.0533. The highest BCUT2D eigenvalue weighted by Crippen LogP contribution is 2.23. The van der Waals surface area contributed by atoms with Crippen molar-refractivity contribution in [2.24, 2.45) is 0 Å². The lowest BCUT2D eigenvalue weighted by atomic mass is 10.1. The molecule has 18 heavy (non-hydrogen) atoms. The predicted molar refractivity (Wildman–Crippen MR) is 67.1 cm³/mol. The lowest BCUT2D eigenvalue weighted by Gasteiger charge is -2.14. The highest BCUT2D eigenvalue weighted by Gasteiger charge is 2.23. The molecule has 0 unspecified atom stereocenters. The summed E-state index contributed by atoms with van der Waals surface area (Å²) in [7, 11) is 0. The number of carbonyl (C=O) groups excluding carboxylic acids is 1. The van der Waals surface area contributed by atoms with Crippen LogP contribution in [0.3, 0.4) is 0 Å². The van der Waals surface area contributed by atoms with Gasteiger partial charge < -0.3 is 9.88 Å². The first-order valence-electron chi connectivity index (χ1n) is 5.79. The fourth-order valence-corrected chi connectivity index (χ4v) is 2.20. The monoisotopic (exact) mass is 240 g/mol. The van der Waals surface area contributed by atoms with Gasteiger partial charge in [-0.15, -0.1) is 0 Å². The third-order valence-electron chi connectivity index (χ3n) is 3.16. The highest BCUT2D eigenvalue weighted by atomic mass is 16.2. The predicted octanol–water partition coefficient (Wildman–Crippen LogP) is 1.53. The molecule has 4 heteroatoms. The van der Waals surface area contributed by atoms with Gasteiger partial charge in [0.05, 0.1) is 5.56 Å². The number of pyridine rings is 1. The van der Waals surface area contributed by atoms with Gasteiger partial charge in [0.15, 0.2) is 0 Å². The SMILES string of the molecule is O=C(c1ccc(=O)[nH]c1)N1Cc2ccccc2C1. The van der Waals surface area contributed by atoms with Gasteiger partial charge in [0.2, 0.25) is 5.56 Å². The largest absolute Gasteiger partial charge is 0.330 e. The van der Waals surface area contributed by atoms with Crippen LogP contribution in [0.25, 0.3) is 0 Å². The third kappa shape index (κ3) is 1.82. The first kappa shape index (κ1) is 10.8. The zero-order chi connectivity index (χ0) is 12.5. The zero-order valence-electron chi connectivity index (χ0n) is 9.72. The lowest BCUT2D eigenvalue weighted by Crippen LogP contribution is -2.26. The molecule has 0 saturated heterocycles. The maximum Gasteiger partial charge on any atom is 0.255 e. The minimum atomic E-state index is -0.198. The molecule has 1 aliphatic rings. The standard InChI is InChI=1S/C14H12N2O2/c17-13-6-5-10(7-15-13)14(18)16-8-11-3-1-2-4-12(11)9-16/h1-7H,8-9H2,(H,15,17). The van der Waals surface area contributed by atoms with Gasteiger partial charge in [0.25, 0.3) is 5.91 Å². The summed E-state index contributed by atoms with van der Waals surface area (Å²) in [4.78, 5) is 27.5. The van der Waals surface area contributed by atoms with E-state index in [0.717, 1.165) is 0 Å². The smallest absolute Gasteiger partial charge is 0.255 e. The van der Waals surface area contributed by atoms with Crippen LogP contribution >= 0.6 is 0 Å². The second-order valence-electron chi connectivity index (χ2n) is 4.37. The molecule has 0 atom stereocenters. The molecule has 2 heterocycles. The Bertz CT molecular complexity index is 615. The number of fused-ring (bicyclic) bond motifs is 1. The molecule has 0 bridgehead atoms. The summed E-state index contributed by atoms with van der Waals surface area (Å²) in [6.07, 6.45) is 1.47. The number of hydrogen-bond acceptors (Lipinski definition) is 2. The second kappa shape index (κ2) is 4.14. The molecule has 4 nitrogen and oxygen atoms in total. The quantitative estimate of drug-likeness (QED) is 0.821. The molecule has 0 saturated carbocycles. The number of amides is 1. The van der Waals surface area contributed by atoms with Crippen molar-refractivity contribution in [3.05, 3.63) is 69.6 Å². The average molecular weight is 240 g/mol. The van der Waals surface area contributed by atoms with Gasteiger partial charge in [-0.05, 0) is 17.2 Å². The molecule has 2 aromatic rings. The molecule has 1 N–H and O–H groups in total. The van der Waals surface area contributed by atoms with Crippen LogP contribution in [0.1, 0.15) is 21.5 Å². The minimum Gasteiger partial charge on any atom is -0.330 e. The van der Waals surface area contributed by atoms with Crippen LogP contribution in [-0.2, 0) is 13.1 Å². The summed E-state index contributed by atoms with van der Waals surface area (Å²) in [5.41, 5.74) is 2.70. The first-order valence-corrected chi connectivity index (χ1v) is 5.79. The third-order valence-corrected chi connectivity index (χ3v) is 3.16. The van der Waals surface area contributed by atoms with Crippen molar-refractivity contribution in [3.63, 3.8) is 0 Å². The summed E-state index contributed by atoms with van der Waals surface area (Å²) in [5, 5.41) is 0. The molecule has 0 radical (unpaired) electrons. The van der Waals surface area contributed by atoms with Crippen molar-refractivity contribution in [2.75, 3.05) is 0 Å². The summed E-state index contributed by atoms with van der Waals surface area (Å²) in [5.74, 6) is -0.0533. The Labute approximate surface area is 104 Å². The molecule has 0 spiro atoms. The van der Waals surface area contributed by atoms with Crippen molar-refractivity contribution >= 4 is 5.91 Å². The van der Waals surface area contributed by atoms with Gasteiger partial charge in [-0.25, -0.2) is 0 Å². The highest BCUT2D eigenvalue weighted by molar-refractivity contribution is 5.94. The van der Waals surface area contributed by atoms with Gasteiger partial charge >= 0.3 is 0 Å². The van der Waals surface area contributed by atoms with E-state index in [2.05, 4.69) is 4.98 Å². The van der Waals surface area contributed by atoms with Crippen molar-refractivity contribution in [1.82, 2.24) is 9.88 Å². The Morgan fingerprint density at radius 3 is 2.28 bits per heavy atom. The molecule has 1 amide bonds. The number of aromatic amines is 1. The van der Waals surface area contributed by atoms with E-state index >= 15 is 0 Å². The molecule has 1 aromatic carbocycles. The van der Waals surface area contributed by atoms with Crippen LogP contribution in [0.5, 0.6) is 0 Å². The van der Waals surface area contributed by atoms with Crippen molar-refractivity contribution in [1.29, 1.82) is 0 Å². The Balaban J connectivity index is 1.84. The van der Waals surface area contributed by atoms with Crippen molar-refractivity contribution < 1.29 is 4.79 Å². The Kier molecular flexibility index (Phi) is 2.48. The molecule has 90 valence electrons. The summed E-state index contributed by atoms with van der Waals surface area (Å²) in [6, 6.07) is 11.0. The maximum atomic E-state index is 12.2. The maximum absolute atomic E-state index is 12.2. The van der Waals surface area contributed by atoms with E-state index in [9.17, 15) is 9.59 Å². The van der Waals surface area contributed by atoms with E-state index in [4.69, 9.17) is 0 Å². The Hall–Kier alpha value is -2.36. The van der Waals surface area contributed by atoms with Crippen LogP contribution in [0, 0.1) is 0 Å². The average Bonchev–Trinajstić information content (AvgIpc) is 2.82. The number of rotatable bonds is 1. The van der Waals surface area contributed by atoms with E-state index in [0.29, 0.717) is 18.7 Å². The van der Waals surface area contributed by atoms with Crippen LogP contribution in [0.4, 0.5) is 0 Å². The van der Waals surface area contributed by atoms with E-state index < -0.39 is 0 Å². The Morgan fingerprint density at radius 2 is 1.72 bits per heavy atom. The molecule has 0 fully saturated rings. The van der Waals surface area contributed by atoms with Crippen LogP contribution in [-0.4, -0.2) is 15.8 Å². The molecule has 1 aliphatic heterocycles.